The van der Waals surface area contributed by atoms with Crippen molar-refractivity contribution in [3.63, 3.8) is 0 Å². The van der Waals surface area contributed by atoms with Crippen LogP contribution in [0.5, 0.6) is 0 Å². The number of hydrogen-bond donors (Lipinski definition) is 4. The van der Waals surface area contributed by atoms with Crippen molar-refractivity contribution in [1.29, 1.82) is 0 Å². The summed E-state index contributed by atoms with van der Waals surface area (Å²) in [6.07, 6.45) is -1.14. The summed E-state index contributed by atoms with van der Waals surface area (Å²) in [6.45, 7) is 10.6. The van der Waals surface area contributed by atoms with Gasteiger partial charge >= 0.3 is 12.2 Å². The molecule has 0 aliphatic carbocycles. The molecule has 0 aliphatic rings. The number of nitrogens with one attached hydrogen (secondary N) is 4. The van der Waals surface area contributed by atoms with Crippen LogP contribution in [0.25, 0.3) is 0 Å². The number of carbonyl (C=O) groups is 4. The van der Waals surface area contributed by atoms with E-state index in [1.807, 2.05) is 0 Å². The molecule has 11 heteroatoms. The maximum Gasteiger partial charge on any atom is 0.412 e. The summed E-state index contributed by atoms with van der Waals surface area (Å²) >= 11 is 1.05. The molecule has 10 nitrogen and oxygen atoms in total. The monoisotopic (exact) mass is 552 g/mol. The largest absolute Gasteiger partial charge is 0.444 e. The van der Waals surface area contributed by atoms with E-state index in [2.05, 4.69) is 21.3 Å². The standard InChI is InChI=1S/C28H32N4O6S/c1-27(2,3)37-25(35)31-19-11-7-17(8-12-19)29-23(33)21-15-16-22(39-21)24(34)30-18-9-13-20(14-10-18)32-26(36)38-28(4,5)6/h7-16H,1-6H3,(H,29,33)(H,30,34)(H,31,35)(H,32,36). The zero-order valence-corrected chi connectivity index (χ0v) is 23.4. The number of rotatable bonds is 6. The first kappa shape index (κ1) is 29.2. The van der Waals surface area contributed by atoms with Crippen LogP contribution < -0.4 is 21.3 Å². The molecule has 3 aromatic rings. The number of ether oxygens (including phenoxy) is 2. The molecule has 4 N–H and O–H groups in total. The molecule has 2 aromatic carbocycles. The molecule has 0 aliphatic heterocycles. The average Bonchev–Trinajstić information content (AvgIpc) is 3.30. The second-order valence-electron chi connectivity index (χ2n) is 10.5. The molecule has 39 heavy (non-hydrogen) atoms. The summed E-state index contributed by atoms with van der Waals surface area (Å²) < 4.78 is 10.4. The summed E-state index contributed by atoms with van der Waals surface area (Å²) in [5.41, 5.74) is 0.861. The van der Waals surface area contributed by atoms with Gasteiger partial charge in [-0.2, -0.15) is 0 Å². The molecule has 0 spiro atoms. The molecular formula is C28H32N4O6S. The third kappa shape index (κ3) is 9.78. The van der Waals surface area contributed by atoms with E-state index >= 15 is 0 Å². The van der Waals surface area contributed by atoms with Crippen molar-refractivity contribution in [2.45, 2.75) is 52.7 Å². The van der Waals surface area contributed by atoms with Crippen LogP contribution in [0.1, 0.15) is 60.9 Å². The highest BCUT2D eigenvalue weighted by Gasteiger charge is 2.18. The molecule has 0 fully saturated rings. The van der Waals surface area contributed by atoms with Gasteiger partial charge < -0.3 is 20.1 Å². The molecule has 0 bridgehead atoms. The SMILES string of the molecule is CC(C)(C)OC(=O)Nc1ccc(NC(=O)c2ccc(C(=O)Nc3ccc(NC(=O)OC(C)(C)C)cc3)s2)cc1. The van der Waals surface area contributed by atoms with Crippen LogP contribution in [0.15, 0.2) is 60.7 Å². The third-order valence-electron chi connectivity index (χ3n) is 4.63. The quantitative estimate of drug-likeness (QED) is 0.261. The lowest BCUT2D eigenvalue weighted by atomic mass is 10.2. The van der Waals surface area contributed by atoms with E-state index in [1.165, 1.54) is 0 Å². The molecule has 0 atom stereocenters. The van der Waals surface area contributed by atoms with Crippen LogP contribution in [-0.4, -0.2) is 35.2 Å². The highest BCUT2D eigenvalue weighted by molar-refractivity contribution is 7.16. The van der Waals surface area contributed by atoms with Crippen LogP contribution >= 0.6 is 11.3 Å². The number of carbonyl (C=O) groups excluding carboxylic acids is 4. The molecule has 1 aromatic heterocycles. The predicted octanol–water partition coefficient (Wildman–Crippen LogP) is 6.95. The number of anilines is 4. The van der Waals surface area contributed by atoms with Crippen molar-refractivity contribution in [2.75, 3.05) is 21.3 Å². The Morgan fingerprint density at radius 1 is 0.513 bits per heavy atom. The summed E-state index contributed by atoms with van der Waals surface area (Å²) in [4.78, 5) is 49.8. The average molecular weight is 553 g/mol. The Kier molecular flexibility index (Phi) is 8.97. The zero-order chi connectivity index (χ0) is 28.8. The molecule has 4 amide bonds. The van der Waals surface area contributed by atoms with Gasteiger partial charge in [-0.1, -0.05) is 0 Å². The topological polar surface area (TPSA) is 135 Å². The fourth-order valence-electron chi connectivity index (χ4n) is 3.08. The van der Waals surface area contributed by atoms with E-state index in [0.29, 0.717) is 32.5 Å². The Balaban J connectivity index is 1.52. The maximum absolute atomic E-state index is 12.7. The lowest BCUT2D eigenvalue weighted by Gasteiger charge is -2.19. The predicted molar refractivity (Wildman–Crippen MR) is 153 cm³/mol. The molecule has 0 radical (unpaired) electrons. The fourth-order valence-corrected chi connectivity index (χ4v) is 3.88. The third-order valence-corrected chi connectivity index (χ3v) is 5.71. The van der Waals surface area contributed by atoms with Crippen LogP contribution in [0.3, 0.4) is 0 Å². The number of thiophene rings is 1. The Bertz CT molecular complexity index is 1230. The smallest absolute Gasteiger partial charge is 0.412 e. The minimum atomic E-state index is -0.611. The summed E-state index contributed by atoms with van der Waals surface area (Å²) in [5.74, 6) is -0.742. The van der Waals surface area contributed by atoms with Gasteiger partial charge in [0.15, 0.2) is 0 Å². The normalized spacial score (nSPS) is 11.2. The van der Waals surface area contributed by atoms with Crippen molar-refractivity contribution in [3.05, 3.63) is 70.4 Å². The van der Waals surface area contributed by atoms with Gasteiger partial charge in [-0.3, -0.25) is 20.2 Å². The van der Waals surface area contributed by atoms with Gasteiger partial charge in [0.05, 0.1) is 9.75 Å². The highest BCUT2D eigenvalue weighted by atomic mass is 32.1. The molecule has 1 heterocycles. The highest BCUT2D eigenvalue weighted by Crippen LogP contribution is 2.22. The van der Waals surface area contributed by atoms with Crippen LogP contribution in [0.4, 0.5) is 32.3 Å². The van der Waals surface area contributed by atoms with Crippen LogP contribution in [0, 0.1) is 0 Å². The molecule has 0 unspecified atom stereocenters. The molecular weight excluding hydrogens is 520 g/mol. The van der Waals surface area contributed by atoms with E-state index in [-0.39, 0.29) is 11.8 Å². The summed E-state index contributed by atoms with van der Waals surface area (Å²) in [7, 11) is 0. The first-order valence-electron chi connectivity index (χ1n) is 12.1. The van der Waals surface area contributed by atoms with Crippen molar-refractivity contribution >= 4 is 58.1 Å². The lowest BCUT2D eigenvalue weighted by Crippen LogP contribution is -2.27. The van der Waals surface area contributed by atoms with E-state index in [9.17, 15) is 19.2 Å². The van der Waals surface area contributed by atoms with Gasteiger partial charge in [0.25, 0.3) is 11.8 Å². The fraction of sp³-hybridized carbons (Fsp3) is 0.286. The van der Waals surface area contributed by atoms with Gasteiger partial charge in [0, 0.05) is 22.7 Å². The Morgan fingerprint density at radius 2 is 0.795 bits per heavy atom. The number of benzene rings is 2. The summed E-state index contributed by atoms with van der Waals surface area (Å²) in [5, 5.41) is 10.8. The first-order chi connectivity index (χ1) is 18.2. The number of amides is 4. The Morgan fingerprint density at radius 3 is 1.08 bits per heavy atom. The molecule has 0 saturated heterocycles. The van der Waals surface area contributed by atoms with E-state index in [4.69, 9.17) is 9.47 Å². The van der Waals surface area contributed by atoms with Crippen molar-refractivity contribution < 1.29 is 28.7 Å². The van der Waals surface area contributed by atoms with E-state index < -0.39 is 23.4 Å². The molecule has 0 saturated carbocycles. The molecule has 206 valence electrons. The second-order valence-corrected chi connectivity index (χ2v) is 11.6. The number of hydrogen-bond acceptors (Lipinski definition) is 7. The van der Waals surface area contributed by atoms with Gasteiger partial charge in [-0.15, -0.1) is 11.3 Å². The van der Waals surface area contributed by atoms with Gasteiger partial charge in [-0.05, 0) is 102 Å². The first-order valence-corrected chi connectivity index (χ1v) is 12.9. The minimum absolute atomic E-state index is 0.355. The van der Waals surface area contributed by atoms with E-state index in [0.717, 1.165) is 11.3 Å². The van der Waals surface area contributed by atoms with Gasteiger partial charge in [0.2, 0.25) is 0 Å². The van der Waals surface area contributed by atoms with Crippen molar-refractivity contribution in [3.8, 4) is 0 Å². The van der Waals surface area contributed by atoms with Gasteiger partial charge in [0.1, 0.15) is 11.2 Å². The van der Waals surface area contributed by atoms with E-state index in [1.54, 1.807) is 102 Å². The summed E-state index contributed by atoms with van der Waals surface area (Å²) in [6, 6.07) is 16.3. The maximum atomic E-state index is 12.7. The van der Waals surface area contributed by atoms with Crippen molar-refractivity contribution in [1.82, 2.24) is 0 Å². The lowest BCUT2D eigenvalue weighted by molar-refractivity contribution is 0.0624. The van der Waals surface area contributed by atoms with Crippen LogP contribution in [0.2, 0.25) is 0 Å². The minimum Gasteiger partial charge on any atom is -0.444 e. The van der Waals surface area contributed by atoms with Crippen LogP contribution in [-0.2, 0) is 9.47 Å². The Labute approximate surface area is 231 Å². The molecule has 3 rings (SSSR count). The second kappa shape index (κ2) is 12.0. The van der Waals surface area contributed by atoms with Crippen molar-refractivity contribution in [2.24, 2.45) is 0 Å². The Hall–Kier alpha value is -4.38. The van der Waals surface area contributed by atoms with Gasteiger partial charge in [-0.25, -0.2) is 9.59 Å². The zero-order valence-electron chi connectivity index (χ0n) is 22.6.